The third-order valence-corrected chi connectivity index (χ3v) is 5.65. The van der Waals surface area contributed by atoms with Gasteiger partial charge < -0.3 is 14.5 Å². The fraction of sp³-hybridized carbons (Fsp3) is 0.550. The lowest BCUT2D eigenvalue weighted by Gasteiger charge is -2.33. The molecule has 0 aromatic carbocycles. The maximum absolute atomic E-state index is 13.0. The van der Waals surface area contributed by atoms with Crippen LogP contribution < -0.4 is 4.90 Å². The first kappa shape index (κ1) is 18.0. The van der Waals surface area contributed by atoms with Crippen molar-refractivity contribution in [3.05, 3.63) is 41.3 Å². The van der Waals surface area contributed by atoms with Crippen molar-refractivity contribution in [3.8, 4) is 0 Å². The molecule has 7 nitrogen and oxygen atoms in total. The third kappa shape index (κ3) is 3.83. The lowest BCUT2D eigenvalue weighted by molar-refractivity contribution is 0.0529. The topological polar surface area (TPSA) is 74.4 Å². The van der Waals surface area contributed by atoms with Gasteiger partial charge in [0.2, 0.25) is 0 Å². The van der Waals surface area contributed by atoms with Crippen molar-refractivity contribution >= 4 is 11.7 Å². The molecule has 2 saturated heterocycles. The van der Waals surface area contributed by atoms with Crippen molar-refractivity contribution in [1.29, 1.82) is 0 Å². The summed E-state index contributed by atoms with van der Waals surface area (Å²) in [6, 6.07) is 3.74. The molecule has 0 bridgehead atoms. The van der Waals surface area contributed by atoms with Gasteiger partial charge in [0.1, 0.15) is 5.82 Å². The summed E-state index contributed by atoms with van der Waals surface area (Å²) in [5.74, 6) is 1.44. The Morgan fingerprint density at radius 1 is 1.30 bits per heavy atom. The number of pyridine rings is 1. The number of aromatic nitrogens is 3. The van der Waals surface area contributed by atoms with Gasteiger partial charge in [-0.15, -0.1) is 0 Å². The highest BCUT2D eigenvalue weighted by Gasteiger charge is 2.27. The molecule has 2 fully saturated rings. The molecule has 0 aliphatic carbocycles. The number of anilines is 1. The zero-order valence-electron chi connectivity index (χ0n) is 16.0. The minimum absolute atomic E-state index is 0.0994. The lowest BCUT2D eigenvalue weighted by atomic mass is 9.89. The van der Waals surface area contributed by atoms with E-state index in [0.29, 0.717) is 12.5 Å². The third-order valence-electron chi connectivity index (χ3n) is 5.65. The van der Waals surface area contributed by atoms with Gasteiger partial charge in [-0.25, -0.2) is 4.98 Å². The van der Waals surface area contributed by atoms with Crippen molar-refractivity contribution in [2.24, 2.45) is 0 Å². The van der Waals surface area contributed by atoms with Crippen LogP contribution in [0.3, 0.4) is 0 Å². The molecule has 0 spiro atoms. The molecule has 2 aliphatic rings. The predicted molar refractivity (Wildman–Crippen MR) is 103 cm³/mol. The number of amides is 1. The van der Waals surface area contributed by atoms with Gasteiger partial charge in [0.25, 0.3) is 5.91 Å². The molecule has 2 aromatic rings. The van der Waals surface area contributed by atoms with Gasteiger partial charge in [-0.05, 0) is 50.3 Å². The summed E-state index contributed by atoms with van der Waals surface area (Å²) in [6.07, 6.45) is 5.81. The van der Waals surface area contributed by atoms with Crippen LogP contribution in [0.4, 0.5) is 5.82 Å². The Labute approximate surface area is 159 Å². The minimum atomic E-state index is 0.0994. The van der Waals surface area contributed by atoms with Gasteiger partial charge in [0.05, 0.1) is 18.9 Å². The van der Waals surface area contributed by atoms with Crippen LogP contribution in [0.2, 0.25) is 0 Å². The smallest absolute Gasteiger partial charge is 0.254 e. The second kappa shape index (κ2) is 7.68. The van der Waals surface area contributed by atoms with E-state index in [1.54, 1.807) is 6.20 Å². The number of carbonyl (C=O) groups is 1. The highest BCUT2D eigenvalue weighted by atomic mass is 16.5. The van der Waals surface area contributed by atoms with Crippen LogP contribution >= 0.6 is 0 Å². The number of rotatable bonds is 3. The van der Waals surface area contributed by atoms with E-state index in [1.165, 1.54) is 5.56 Å². The maximum Gasteiger partial charge on any atom is 0.254 e. The summed E-state index contributed by atoms with van der Waals surface area (Å²) in [7, 11) is 0. The second-order valence-corrected chi connectivity index (χ2v) is 7.55. The fourth-order valence-electron chi connectivity index (χ4n) is 4.10. The number of nitrogens with zero attached hydrogens (tertiary/aromatic N) is 4. The summed E-state index contributed by atoms with van der Waals surface area (Å²) >= 11 is 0. The number of likely N-dealkylation sites (tertiary alicyclic amines) is 1. The molecule has 1 atom stereocenters. The molecule has 1 unspecified atom stereocenters. The number of piperidine rings is 1. The van der Waals surface area contributed by atoms with Gasteiger partial charge in [-0.1, -0.05) is 0 Å². The maximum atomic E-state index is 13.0. The Hall–Kier alpha value is -2.41. The van der Waals surface area contributed by atoms with Gasteiger partial charge in [0.15, 0.2) is 0 Å². The molecule has 2 aromatic heterocycles. The fourth-order valence-corrected chi connectivity index (χ4v) is 4.10. The number of morpholine rings is 1. The number of aromatic amines is 1. The van der Waals surface area contributed by atoms with E-state index in [4.69, 9.17) is 4.74 Å². The van der Waals surface area contributed by atoms with E-state index >= 15 is 0 Å². The van der Waals surface area contributed by atoms with Crippen LogP contribution in [0.1, 0.15) is 47.3 Å². The molecule has 0 saturated carbocycles. The highest BCUT2D eigenvalue weighted by Crippen LogP contribution is 2.30. The number of ether oxygens (including phenoxy) is 1. The molecule has 144 valence electrons. The van der Waals surface area contributed by atoms with Crippen molar-refractivity contribution in [2.75, 3.05) is 37.7 Å². The summed E-state index contributed by atoms with van der Waals surface area (Å²) in [6.45, 7) is 7.99. The van der Waals surface area contributed by atoms with E-state index in [2.05, 4.69) is 33.9 Å². The number of carbonyl (C=O) groups excluding carboxylic acids is 1. The summed E-state index contributed by atoms with van der Waals surface area (Å²) in [5, 5.41) is 7.15. The van der Waals surface area contributed by atoms with Crippen LogP contribution in [0, 0.1) is 6.92 Å². The average molecular weight is 369 g/mol. The van der Waals surface area contributed by atoms with Crippen molar-refractivity contribution < 1.29 is 9.53 Å². The molecular weight excluding hydrogens is 342 g/mol. The van der Waals surface area contributed by atoms with Crippen LogP contribution in [0.15, 0.2) is 24.5 Å². The Morgan fingerprint density at radius 3 is 2.81 bits per heavy atom. The number of H-pyrrole nitrogens is 1. The number of hydrogen-bond donors (Lipinski definition) is 1. The average Bonchev–Trinajstić information content (AvgIpc) is 3.13. The predicted octanol–water partition coefficient (Wildman–Crippen LogP) is 2.36. The van der Waals surface area contributed by atoms with Crippen LogP contribution in [0.5, 0.6) is 0 Å². The lowest BCUT2D eigenvalue weighted by Crippen LogP contribution is -2.42. The molecular formula is C20H27N5O2. The van der Waals surface area contributed by atoms with Gasteiger partial charge in [0, 0.05) is 43.6 Å². The van der Waals surface area contributed by atoms with E-state index in [1.807, 2.05) is 23.2 Å². The Bertz CT molecular complexity index is 797. The van der Waals surface area contributed by atoms with Crippen LogP contribution in [-0.2, 0) is 4.74 Å². The first-order valence-corrected chi connectivity index (χ1v) is 9.73. The van der Waals surface area contributed by atoms with Crippen molar-refractivity contribution in [1.82, 2.24) is 20.1 Å². The van der Waals surface area contributed by atoms with Gasteiger partial charge >= 0.3 is 0 Å². The molecule has 4 rings (SSSR count). The molecule has 7 heteroatoms. The molecule has 4 heterocycles. The molecule has 1 N–H and O–H groups in total. The molecule has 2 aliphatic heterocycles. The van der Waals surface area contributed by atoms with Gasteiger partial charge in [-0.2, -0.15) is 5.10 Å². The molecule has 1 amide bonds. The number of nitrogens with one attached hydrogen (secondary N) is 1. The standard InChI is InChI=1S/C20H27N5O2/c1-14-13-25(9-10-27-14)19-11-17(3-6-21-19)20(26)24-7-4-16(5-8-24)18-12-22-23-15(18)2/h3,6,11-12,14,16H,4-5,7-10,13H2,1-2H3,(H,22,23). The van der Waals surface area contributed by atoms with E-state index in [9.17, 15) is 4.79 Å². The Kier molecular flexibility index (Phi) is 5.11. The SMILES string of the molecule is Cc1[nH]ncc1C1CCN(C(=O)c2ccnc(N3CCOC(C)C3)c2)CC1. The number of hydrogen-bond acceptors (Lipinski definition) is 5. The summed E-state index contributed by atoms with van der Waals surface area (Å²) < 4.78 is 5.60. The highest BCUT2D eigenvalue weighted by molar-refractivity contribution is 5.95. The quantitative estimate of drug-likeness (QED) is 0.899. The summed E-state index contributed by atoms with van der Waals surface area (Å²) in [4.78, 5) is 21.6. The zero-order chi connectivity index (χ0) is 18.8. The van der Waals surface area contributed by atoms with E-state index < -0.39 is 0 Å². The zero-order valence-corrected chi connectivity index (χ0v) is 16.0. The molecule has 0 radical (unpaired) electrons. The van der Waals surface area contributed by atoms with E-state index in [0.717, 1.165) is 56.1 Å². The van der Waals surface area contributed by atoms with E-state index in [-0.39, 0.29) is 12.0 Å². The normalized spacial score (nSPS) is 21.5. The largest absolute Gasteiger partial charge is 0.375 e. The minimum Gasteiger partial charge on any atom is -0.375 e. The van der Waals surface area contributed by atoms with Crippen LogP contribution in [-0.4, -0.2) is 64.9 Å². The second-order valence-electron chi connectivity index (χ2n) is 7.55. The summed E-state index contributed by atoms with van der Waals surface area (Å²) in [5.41, 5.74) is 3.14. The molecule has 27 heavy (non-hydrogen) atoms. The Morgan fingerprint density at radius 2 is 2.11 bits per heavy atom. The first-order chi connectivity index (χ1) is 13.1. The Balaban J connectivity index is 1.41. The first-order valence-electron chi connectivity index (χ1n) is 9.73. The number of aryl methyl sites for hydroxylation is 1. The van der Waals surface area contributed by atoms with Crippen molar-refractivity contribution in [2.45, 2.75) is 38.7 Å². The monoisotopic (exact) mass is 369 g/mol. The van der Waals surface area contributed by atoms with Gasteiger partial charge in [-0.3, -0.25) is 9.89 Å². The van der Waals surface area contributed by atoms with Crippen LogP contribution in [0.25, 0.3) is 0 Å². The van der Waals surface area contributed by atoms with Crippen molar-refractivity contribution in [3.63, 3.8) is 0 Å².